The number of nitrogens with zero attached hydrogens (tertiary/aromatic N) is 1. The first-order valence-corrected chi connectivity index (χ1v) is 8.75. The van der Waals surface area contributed by atoms with Gasteiger partial charge in [-0.2, -0.15) is 0 Å². The van der Waals surface area contributed by atoms with Gasteiger partial charge in [0.15, 0.2) is 0 Å². The van der Waals surface area contributed by atoms with E-state index in [1.807, 2.05) is 12.1 Å². The van der Waals surface area contributed by atoms with Crippen LogP contribution in [0.4, 0.5) is 5.69 Å². The molecule has 2 aromatic rings. The molecule has 2 rings (SSSR count). The summed E-state index contributed by atoms with van der Waals surface area (Å²) in [5.41, 5.74) is 1.82. The first-order valence-electron chi connectivity index (χ1n) is 8.37. The zero-order valence-electron chi connectivity index (χ0n) is 15.2. The molecule has 0 saturated carbocycles. The van der Waals surface area contributed by atoms with Crippen LogP contribution < -0.4 is 5.32 Å². The summed E-state index contributed by atoms with van der Waals surface area (Å²) in [7, 11) is 1.29. The molecule has 0 unspecified atom stereocenters. The Morgan fingerprint density at radius 2 is 1.81 bits per heavy atom. The van der Waals surface area contributed by atoms with E-state index in [1.165, 1.54) is 25.0 Å². The highest BCUT2D eigenvalue weighted by Gasteiger charge is 2.14. The van der Waals surface area contributed by atoms with Crippen LogP contribution in [0.1, 0.15) is 22.8 Å². The van der Waals surface area contributed by atoms with E-state index in [0.717, 1.165) is 5.56 Å². The number of halogens is 1. The van der Waals surface area contributed by atoms with Gasteiger partial charge in [0, 0.05) is 24.2 Å². The van der Waals surface area contributed by atoms with Crippen molar-refractivity contribution >= 4 is 35.1 Å². The van der Waals surface area contributed by atoms with E-state index in [4.69, 9.17) is 11.6 Å². The van der Waals surface area contributed by atoms with E-state index in [1.54, 1.807) is 30.3 Å². The van der Waals surface area contributed by atoms with Gasteiger partial charge >= 0.3 is 5.97 Å². The van der Waals surface area contributed by atoms with Gasteiger partial charge < -0.3 is 15.0 Å². The number of carbonyl (C=O) groups excluding carboxylic acids is 3. The summed E-state index contributed by atoms with van der Waals surface area (Å²) in [5.74, 6) is -1.02. The van der Waals surface area contributed by atoms with Crippen LogP contribution in [0.15, 0.2) is 48.5 Å². The molecule has 0 radical (unpaired) electrons. The summed E-state index contributed by atoms with van der Waals surface area (Å²) in [6.45, 7) is 1.75. The quantitative estimate of drug-likeness (QED) is 0.739. The summed E-state index contributed by atoms with van der Waals surface area (Å²) < 4.78 is 4.66. The third-order valence-corrected chi connectivity index (χ3v) is 4.18. The number of rotatable bonds is 7. The average Bonchev–Trinajstić information content (AvgIpc) is 2.65. The topological polar surface area (TPSA) is 75.7 Å². The van der Waals surface area contributed by atoms with Gasteiger partial charge in [0.2, 0.25) is 11.8 Å². The third-order valence-electron chi connectivity index (χ3n) is 3.93. The largest absolute Gasteiger partial charge is 0.465 e. The van der Waals surface area contributed by atoms with Crippen molar-refractivity contribution in [2.75, 3.05) is 25.5 Å². The fraction of sp³-hybridized carbons (Fsp3) is 0.250. The molecule has 7 heteroatoms. The lowest BCUT2D eigenvalue weighted by Crippen LogP contribution is -2.38. The molecule has 6 nitrogen and oxygen atoms in total. The second kappa shape index (κ2) is 9.73. The number of esters is 1. The molecule has 142 valence electrons. The van der Waals surface area contributed by atoms with E-state index in [9.17, 15) is 14.4 Å². The number of amides is 2. The van der Waals surface area contributed by atoms with Gasteiger partial charge in [-0.15, -0.1) is 0 Å². The molecule has 0 fully saturated rings. The molecule has 0 aliphatic heterocycles. The number of hydrogen-bond acceptors (Lipinski definition) is 4. The molecule has 2 amide bonds. The lowest BCUT2D eigenvalue weighted by atomic mass is 10.1. The van der Waals surface area contributed by atoms with Gasteiger partial charge in [0.25, 0.3) is 0 Å². The van der Waals surface area contributed by atoms with Crippen LogP contribution in [0.3, 0.4) is 0 Å². The van der Waals surface area contributed by atoms with Crippen molar-refractivity contribution in [1.29, 1.82) is 0 Å². The molecule has 0 bridgehead atoms. The van der Waals surface area contributed by atoms with Crippen LogP contribution in [0, 0.1) is 0 Å². The number of benzene rings is 2. The Bertz CT molecular complexity index is 821. The first-order chi connectivity index (χ1) is 12.9. The van der Waals surface area contributed by atoms with Crippen molar-refractivity contribution in [3.63, 3.8) is 0 Å². The van der Waals surface area contributed by atoms with Crippen LogP contribution in [-0.2, 0) is 20.7 Å². The number of nitrogens with one attached hydrogen (secondary N) is 1. The predicted octanol–water partition coefficient (Wildman–Crippen LogP) is 3.16. The van der Waals surface area contributed by atoms with Gasteiger partial charge in [-0.05, 0) is 42.3 Å². The van der Waals surface area contributed by atoms with Gasteiger partial charge in [-0.1, -0.05) is 29.8 Å². The SMILES string of the molecule is COC(=O)c1cccc(NC(=O)CN(CCc2ccc(Cl)cc2)C(C)=O)c1. The van der Waals surface area contributed by atoms with Crippen molar-refractivity contribution in [3.05, 3.63) is 64.7 Å². The number of ether oxygens (including phenoxy) is 1. The highest BCUT2D eigenvalue weighted by molar-refractivity contribution is 6.30. The zero-order chi connectivity index (χ0) is 19.8. The minimum Gasteiger partial charge on any atom is -0.465 e. The second-order valence-electron chi connectivity index (χ2n) is 5.94. The minimum absolute atomic E-state index is 0.0780. The van der Waals surface area contributed by atoms with Crippen LogP contribution >= 0.6 is 11.6 Å². The lowest BCUT2D eigenvalue weighted by Gasteiger charge is -2.20. The molecule has 0 heterocycles. The molecule has 0 spiro atoms. The van der Waals surface area contributed by atoms with Gasteiger partial charge in [0.05, 0.1) is 19.2 Å². The first kappa shape index (κ1) is 20.5. The van der Waals surface area contributed by atoms with Crippen molar-refractivity contribution in [2.24, 2.45) is 0 Å². The van der Waals surface area contributed by atoms with Crippen LogP contribution in [0.5, 0.6) is 0 Å². The Balaban J connectivity index is 1.95. The standard InChI is InChI=1S/C20H21ClN2O4/c1-14(24)23(11-10-15-6-8-17(21)9-7-15)13-19(25)22-18-5-3-4-16(12-18)20(26)27-2/h3-9,12H,10-11,13H2,1-2H3,(H,22,25). The van der Waals surface area contributed by atoms with E-state index >= 15 is 0 Å². The highest BCUT2D eigenvalue weighted by atomic mass is 35.5. The van der Waals surface area contributed by atoms with E-state index in [0.29, 0.717) is 29.2 Å². The van der Waals surface area contributed by atoms with Crippen LogP contribution in [0.25, 0.3) is 0 Å². The molecule has 0 aliphatic rings. The van der Waals surface area contributed by atoms with Gasteiger partial charge in [-0.25, -0.2) is 4.79 Å². The van der Waals surface area contributed by atoms with Crippen molar-refractivity contribution in [1.82, 2.24) is 4.90 Å². The molecule has 0 saturated heterocycles. The molecule has 1 N–H and O–H groups in total. The third kappa shape index (κ3) is 6.42. The maximum Gasteiger partial charge on any atom is 0.337 e. The van der Waals surface area contributed by atoms with E-state index < -0.39 is 5.97 Å². The predicted molar refractivity (Wildman–Crippen MR) is 104 cm³/mol. The lowest BCUT2D eigenvalue weighted by molar-refractivity contribution is -0.132. The molecular weight excluding hydrogens is 368 g/mol. The highest BCUT2D eigenvalue weighted by Crippen LogP contribution is 2.13. The summed E-state index contributed by atoms with van der Waals surface area (Å²) in [6.07, 6.45) is 0.613. The Kier molecular flexibility index (Phi) is 7.37. The summed E-state index contributed by atoms with van der Waals surface area (Å²) in [4.78, 5) is 37.2. The van der Waals surface area contributed by atoms with Crippen molar-refractivity contribution in [2.45, 2.75) is 13.3 Å². The number of hydrogen-bond donors (Lipinski definition) is 1. The summed E-state index contributed by atoms with van der Waals surface area (Å²) in [6, 6.07) is 13.8. The Labute approximate surface area is 163 Å². The summed E-state index contributed by atoms with van der Waals surface area (Å²) >= 11 is 5.86. The maximum atomic E-state index is 12.3. The fourth-order valence-corrected chi connectivity index (χ4v) is 2.60. The zero-order valence-corrected chi connectivity index (χ0v) is 16.0. The van der Waals surface area contributed by atoms with E-state index in [-0.39, 0.29) is 18.4 Å². The monoisotopic (exact) mass is 388 g/mol. The molecule has 0 atom stereocenters. The minimum atomic E-state index is -0.487. The Hall–Kier alpha value is -2.86. The Morgan fingerprint density at radius 3 is 2.44 bits per heavy atom. The molecule has 0 aromatic heterocycles. The summed E-state index contributed by atoms with van der Waals surface area (Å²) in [5, 5.41) is 3.34. The maximum absolute atomic E-state index is 12.3. The van der Waals surface area contributed by atoms with Gasteiger partial charge in [-0.3, -0.25) is 9.59 Å². The Morgan fingerprint density at radius 1 is 1.11 bits per heavy atom. The smallest absolute Gasteiger partial charge is 0.337 e. The molecular formula is C20H21ClN2O4. The van der Waals surface area contributed by atoms with Crippen molar-refractivity contribution < 1.29 is 19.1 Å². The molecule has 2 aromatic carbocycles. The van der Waals surface area contributed by atoms with E-state index in [2.05, 4.69) is 10.1 Å². The molecule has 27 heavy (non-hydrogen) atoms. The van der Waals surface area contributed by atoms with Gasteiger partial charge in [0.1, 0.15) is 0 Å². The number of anilines is 1. The number of methoxy groups -OCH3 is 1. The van der Waals surface area contributed by atoms with Crippen LogP contribution in [0.2, 0.25) is 5.02 Å². The average molecular weight is 389 g/mol. The molecule has 0 aliphatic carbocycles. The number of carbonyl (C=O) groups is 3. The second-order valence-corrected chi connectivity index (χ2v) is 6.37. The van der Waals surface area contributed by atoms with Crippen LogP contribution in [-0.4, -0.2) is 42.9 Å². The van der Waals surface area contributed by atoms with Crippen molar-refractivity contribution in [3.8, 4) is 0 Å². The fourth-order valence-electron chi connectivity index (χ4n) is 2.48. The normalized spacial score (nSPS) is 10.2.